The zero-order chi connectivity index (χ0) is 15.5. The molecule has 1 aliphatic heterocycles. The number of sulfonamides is 1. The first-order valence-electron chi connectivity index (χ1n) is 7.00. The molecule has 3 N–H and O–H groups in total. The van der Waals surface area contributed by atoms with E-state index in [1.807, 2.05) is 0 Å². The second-order valence-electron chi connectivity index (χ2n) is 5.45. The Labute approximate surface area is 135 Å². The summed E-state index contributed by atoms with van der Waals surface area (Å²) in [4.78, 5) is 3.23. The summed E-state index contributed by atoms with van der Waals surface area (Å²) < 4.78 is 27.4. The Kier molecular flexibility index (Phi) is 5.73. The number of nitrogens with one attached hydrogen (secondary N) is 1. The van der Waals surface area contributed by atoms with Crippen LogP contribution in [0.5, 0.6) is 0 Å². The molecular weight excluding hydrogens is 326 g/mol. The summed E-state index contributed by atoms with van der Waals surface area (Å²) in [5.41, 5.74) is 5.51. The molecule has 0 aliphatic carbocycles. The number of rotatable bonds is 7. The molecule has 21 heavy (non-hydrogen) atoms. The van der Waals surface area contributed by atoms with Gasteiger partial charge in [-0.1, -0.05) is 19.1 Å². The molecule has 0 saturated carbocycles. The van der Waals surface area contributed by atoms with Gasteiger partial charge in [0.25, 0.3) is 0 Å². The number of hydrogen-bond donors (Lipinski definition) is 2. The highest BCUT2D eigenvalue weighted by Gasteiger charge is 2.20. The Morgan fingerprint density at radius 3 is 2.71 bits per heavy atom. The number of nitrogens with two attached hydrogens (primary N) is 1. The van der Waals surface area contributed by atoms with Crippen LogP contribution in [0.1, 0.15) is 24.6 Å². The lowest BCUT2D eigenvalue weighted by Gasteiger charge is -2.20. The van der Waals surface area contributed by atoms with Crippen LogP contribution in [-0.4, -0.2) is 44.5 Å². The van der Waals surface area contributed by atoms with Crippen molar-refractivity contribution in [2.75, 3.05) is 26.2 Å². The van der Waals surface area contributed by atoms with Crippen LogP contribution in [0.25, 0.3) is 0 Å². The van der Waals surface area contributed by atoms with Gasteiger partial charge < -0.3 is 10.6 Å². The van der Waals surface area contributed by atoms with Gasteiger partial charge in [0.1, 0.15) is 9.20 Å². The Morgan fingerprint density at radius 1 is 1.48 bits per heavy atom. The van der Waals surface area contributed by atoms with E-state index < -0.39 is 10.0 Å². The van der Waals surface area contributed by atoms with Crippen molar-refractivity contribution < 1.29 is 8.42 Å². The third-order valence-corrected chi connectivity index (χ3v) is 6.86. The van der Waals surface area contributed by atoms with Crippen LogP contribution in [0, 0.1) is 5.92 Å². The molecule has 0 amide bonds. The van der Waals surface area contributed by atoms with Crippen molar-refractivity contribution >= 4 is 38.6 Å². The number of hydrogen-bond acceptors (Lipinski definition) is 5. The lowest BCUT2D eigenvalue weighted by molar-refractivity contribution is 0.288. The second-order valence-corrected chi connectivity index (χ2v) is 8.97. The van der Waals surface area contributed by atoms with E-state index in [9.17, 15) is 8.42 Å². The summed E-state index contributed by atoms with van der Waals surface area (Å²) >= 11 is 5.96. The van der Waals surface area contributed by atoms with Crippen molar-refractivity contribution in [1.82, 2.24) is 9.62 Å². The molecule has 2 rings (SSSR count). The molecule has 1 aromatic rings. The summed E-state index contributed by atoms with van der Waals surface area (Å²) in [5.74, 6) is 0.285. The predicted molar refractivity (Wildman–Crippen MR) is 90.2 cm³/mol. The van der Waals surface area contributed by atoms with Gasteiger partial charge in [-0.3, -0.25) is 0 Å². The monoisotopic (exact) mass is 347 g/mol. The topological polar surface area (TPSA) is 75.4 Å². The van der Waals surface area contributed by atoms with Gasteiger partial charge >= 0.3 is 0 Å². The van der Waals surface area contributed by atoms with Gasteiger partial charge in [-0.2, -0.15) is 0 Å². The van der Waals surface area contributed by atoms with E-state index in [0.717, 1.165) is 31.0 Å². The van der Waals surface area contributed by atoms with Crippen LogP contribution in [0.3, 0.4) is 0 Å². The molecule has 5 nitrogen and oxygen atoms in total. The predicted octanol–water partition coefficient (Wildman–Crippen LogP) is 1.39. The van der Waals surface area contributed by atoms with Crippen molar-refractivity contribution in [3.05, 3.63) is 17.0 Å². The first-order valence-corrected chi connectivity index (χ1v) is 9.71. The van der Waals surface area contributed by atoms with Crippen molar-refractivity contribution in [3.63, 3.8) is 0 Å². The average Bonchev–Trinajstić information content (AvgIpc) is 3.07. The number of thiocarbonyl (C=S) groups is 1. The number of likely N-dealkylation sites (tertiary alicyclic amines) is 1. The highest BCUT2D eigenvalue weighted by Crippen LogP contribution is 2.21. The van der Waals surface area contributed by atoms with E-state index in [-0.39, 0.29) is 15.1 Å². The van der Waals surface area contributed by atoms with Gasteiger partial charge in [0.15, 0.2) is 0 Å². The van der Waals surface area contributed by atoms with Gasteiger partial charge in [-0.15, -0.1) is 11.3 Å². The summed E-state index contributed by atoms with van der Waals surface area (Å²) in [6, 6.07) is 3.20. The standard InChI is InChI=1S/C13H21N3O2S3/c1-10(9-16-6-2-3-7-16)8-15-21(17,18)12-5-4-11(20-12)13(14)19/h4-5,10,15H,2-3,6-9H2,1H3,(H2,14,19). The van der Waals surface area contributed by atoms with Crippen LogP contribution in [0.4, 0.5) is 0 Å². The van der Waals surface area contributed by atoms with Gasteiger partial charge in [0, 0.05) is 13.1 Å². The van der Waals surface area contributed by atoms with E-state index in [4.69, 9.17) is 18.0 Å². The normalized spacial score (nSPS) is 18.0. The minimum Gasteiger partial charge on any atom is -0.389 e. The van der Waals surface area contributed by atoms with E-state index in [2.05, 4.69) is 16.5 Å². The number of nitrogens with zero attached hydrogens (tertiary/aromatic N) is 1. The molecule has 1 fully saturated rings. The lowest BCUT2D eigenvalue weighted by atomic mass is 10.2. The Morgan fingerprint density at radius 2 is 2.14 bits per heavy atom. The van der Waals surface area contributed by atoms with Gasteiger partial charge in [0.05, 0.1) is 4.88 Å². The van der Waals surface area contributed by atoms with Crippen LogP contribution >= 0.6 is 23.6 Å². The fraction of sp³-hybridized carbons (Fsp3) is 0.615. The highest BCUT2D eigenvalue weighted by molar-refractivity contribution is 7.91. The van der Waals surface area contributed by atoms with E-state index >= 15 is 0 Å². The fourth-order valence-corrected chi connectivity index (χ4v) is 4.95. The third kappa shape index (κ3) is 4.72. The molecule has 8 heteroatoms. The van der Waals surface area contributed by atoms with Crippen molar-refractivity contribution in [2.24, 2.45) is 11.7 Å². The third-order valence-electron chi connectivity index (χ3n) is 3.48. The van der Waals surface area contributed by atoms with Crippen molar-refractivity contribution in [3.8, 4) is 0 Å². The molecule has 1 atom stereocenters. The maximum Gasteiger partial charge on any atom is 0.250 e. The van der Waals surface area contributed by atoms with Gasteiger partial charge in [-0.05, 0) is 44.0 Å². The largest absolute Gasteiger partial charge is 0.389 e. The molecular formula is C13H21N3O2S3. The maximum absolute atomic E-state index is 12.2. The Hall–Kier alpha value is -0.540. The zero-order valence-electron chi connectivity index (χ0n) is 12.0. The minimum atomic E-state index is -3.47. The molecule has 0 bridgehead atoms. The molecule has 1 aliphatic rings. The zero-order valence-corrected chi connectivity index (χ0v) is 14.5. The van der Waals surface area contributed by atoms with Crippen molar-refractivity contribution in [1.29, 1.82) is 0 Å². The van der Waals surface area contributed by atoms with Crippen LogP contribution in [-0.2, 0) is 10.0 Å². The molecule has 1 saturated heterocycles. The second kappa shape index (κ2) is 7.15. The quantitative estimate of drug-likeness (QED) is 0.729. The van der Waals surface area contributed by atoms with Crippen LogP contribution in [0.15, 0.2) is 16.3 Å². The van der Waals surface area contributed by atoms with E-state index in [0.29, 0.717) is 11.4 Å². The van der Waals surface area contributed by atoms with Crippen LogP contribution < -0.4 is 10.5 Å². The fourth-order valence-electron chi connectivity index (χ4n) is 2.39. The van der Waals surface area contributed by atoms with Crippen LogP contribution in [0.2, 0.25) is 0 Å². The summed E-state index contributed by atoms with van der Waals surface area (Å²) in [6.45, 7) is 5.69. The summed E-state index contributed by atoms with van der Waals surface area (Å²) in [6.07, 6.45) is 2.49. The minimum absolute atomic E-state index is 0.226. The average molecular weight is 348 g/mol. The smallest absolute Gasteiger partial charge is 0.250 e. The Balaban J connectivity index is 1.89. The molecule has 0 radical (unpaired) electrons. The first-order chi connectivity index (χ1) is 9.88. The SMILES string of the molecule is CC(CNS(=O)(=O)c1ccc(C(N)=S)s1)CN1CCCC1. The molecule has 1 aromatic heterocycles. The Bertz CT molecular complexity index is 592. The van der Waals surface area contributed by atoms with Gasteiger partial charge in [0.2, 0.25) is 10.0 Å². The molecule has 1 unspecified atom stereocenters. The molecule has 0 spiro atoms. The molecule has 2 heterocycles. The maximum atomic E-state index is 12.2. The first kappa shape index (κ1) is 16.8. The number of thiophene rings is 1. The van der Waals surface area contributed by atoms with E-state index in [1.165, 1.54) is 12.8 Å². The van der Waals surface area contributed by atoms with Crippen molar-refractivity contribution in [2.45, 2.75) is 24.0 Å². The molecule has 0 aromatic carbocycles. The summed E-state index contributed by atoms with van der Waals surface area (Å²) in [5, 5.41) is 0. The lowest BCUT2D eigenvalue weighted by Crippen LogP contribution is -2.34. The molecule has 118 valence electrons. The van der Waals surface area contributed by atoms with Gasteiger partial charge in [-0.25, -0.2) is 13.1 Å². The van der Waals surface area contributed by atoms with E-state index in [1.54, 1.807) is 12.1 Å². The summed E-state index contributed by atoms with van der Waals surface area (Å²) in [7, 11) is -3.47. The highest BCUT2D eigenvalue weighted by atomic mass is 32.2.